The van der Waals surface area contributed by atoms with Gasteiger partial charge in [0.1, 0.15) is 0 Å². The number of nitrogens with two attached hydrogens (primary N) is 1. The zero-order valence-corrected chi connectivity index (χ0v) is 8.82. The second kappa shape index (κ2) is 8.23. The first-order valence-electron chi connectivity index (χ1n) is 5.21. The molecule has 1 unspecified atom stereocenters. The molecule has 0 aliphatic carbocycles. The third-order valence-electron chi connectivity index (χ3n) is 2.19. The highest BCUT2D eigenvalue weighted by molar-refractivity contribution is 5.66. The number of carboxylic acid groups (broad SMARTS) is 2. The lowest BCUT2D eigenvalue weighted by molar-refractivity contribution is -0.138. The molecule has 0 radical (unpaired) electrons. The van der Waals surface area contributed by atoms with Crippen molar-refractivity contribution in [3.8, 4) is 0 Å². The van der Waals surface area contributed by atoms with Crippen LogP contribution in [-0.4, -0.2) is 28.2 Å². The van der Waals surface area contributed by atoms with Crippen LogP contribution in [0.3, 0.4) is 0 Å². The first-order chi connectivity index (χ1) is 7.02. The largest absolute Gasteiger partial charge is 0.481 e. The van der Waals surface area contributed by atoms with Crippen LogP contribution in [0.4, 0.5) is 0 Å². The van der Waals surface area contributed by atoms with Gasteiger partial charge in [-0.2, -0.15) is 0 Å². The van der Waals surface area contributed by atoms with E-state index in [4.69, 9.17) is 15.9 Å². The van der Waals surface area contributed by atoms with E-state index in [1.807, 2.05) is 0 Å². The Labute approximate surface area is 89.3 Å². The van der Waals surface area contributed by atoms with Crippen LogP contribution >= 0.6 is 0 Å². The van der Waals surface area contributed by atoms with Gasteiger partial charge in [0.15, 0.2) is 0 Å². The molecule has 0 aromatic carbocycles. The molecular weight excluding hydrogens is 198 g/mol. The first kappa shape index (κ1) is 13.9. The predicted molar refractivity (Wildman–Crippen MR) is 55.6 cm³/mol. The molecule has 0 rings (SSSR count). The van der Waals surface area contributed by atoms with Gasteiger partial charge in [-0.3, -0.25) is 9.59 Å². The van der Waals surface area contributed by atoms with Crippen LogP contribution in [0.5, 0.6) is 0 Å². The summed E-state index contributed by atoms with van der Waals surface area (Å²) in [6.45, 7) is 0. The highest BCUT2D eigenvalue weighted by Crippen LogP contribution is 2.08. The summed E-state index contributed by atoms with van der Waals surface area (Å²) >= 11 is 0. The molecule has 4 N–H and O–H groups in total. The predicted octanol–water partition coefficient (Wildman–Crippen LogP) is 1.21. The highest BCUT2D eigenvalue weighted by Gasteiger charge is 2.05. The van der Waals surface area contributed by atoms with Crippen LogP contribution in [0.1, 0.15) is 44.9 Å². The van der Waals surface area contributed by atoms with Crippen molar-refractivity contribution in [3.05, 3.63) is 0 Å². The van der Waals surface area contributed by atoms with Crippen molar-refractivity contribution >= 4 is 11.9 Å². The van der Waals surface area contributed by atoms with Crippen LogP contribution in [0.15, 0.2) is 0 Å². The molecule has 15 heavy (non-hydrogen) atoms. The molecule has 1 atom stereocenters. The number of carboxylic acids is 2. The van der Waals surface area contributed by atoms with E-state index in [0.717, 1.165) is 19.3 Å². The fourth-order valence-electron chi connectivity index (χ4n) is 1.31. The molecular formula is C10H19NO4. The summed E-state index contributed by atoms with van der Waals surface area (Å²) in [6.07, 6.45) is 3.95. The molecule has 5 heteroatoms. The molecule has 5 nitrogen and oxygen atoms in total. The van der Waals surface area contributed by atoms with Crippen LogP contribution in [0.2, 0.25) is 0 Å². The standard InChI is InChI=1S/C10H19NO4/c11-8(6-7-10(14)15)4-2-1-3-5-9(12)13/h8H,1-7,11H2,(H,12,13)(H,14,15). The third kappa shape index (κ3) is 10.8. The molecule has 0 spiro atoms. The number of unbranched alkanes of at least 4 members (excludes halogenated alkanes) is 2. The van der Waals surface area contributed by atoms with Gasteiger partial charge in [0.05, 0.1) is 0 Å². The molecule has 0 saturated heterocycles. The Morgan fingerprint density at radius 2 is 1.53 bits per heavy atom. The van der Waals surface area contributed by atoms with Crippen molar-refractivity contribution in [2.45, 2.75) is 51.0 Å². The summed E-state index contributed by atoms with van der Waals surface area (Å²) in [7, 11) is 0. The zero-order chi connectivity index (χ0) is 11.7. The molecule has 0 aliphatic heterocycles. The van der Waals surface area contributed by atoms with Crippen molar-refractivity contribution < 1.29 is 19.8 Å². The highest BCUT2D eigenvalue weighted by atomic mass is 16.4. The summed E-state index contributed by atoms with van der Waals surface area (Å²) in [6, 6.07) is -0.0778. The molecule has 0 fully saturated rings. The maximum atomic E-state index is 10.2. The summed E-state index contributed by atoms with van der Waals surface area (Å²) in [4.78, 5) is 20.4. The normalized spacial score (nSPS) is 12.3. The van der Waals surface area contributed by atoms with E-state index in [1.165, 1.54) is 0 Å². The Balaban J connectivity index is 3.27. The summed E-state index contributed by atoms with van der Waals surface area (Å²) in [5.41, 5.74) is 5.68. The van der Waals surface area contributed by atoms with Crippen LogP contribution < -0.4 is 5.73 Å². The number of hydrogen-bond donors (Lipinski definition) is 3. The minimum Gasteiger partial charge on any atom is -0.481 e. The minimum absolute atomic E-state index is 0.0778. The average molecular weight is 217 g/mol. The second-order valence-electron chi connectivity index (χ2n) is 3.69. The summed E-state index contributed by atoms with van der Waals surface area (Å²) < 4.78 is 0. The third-order valence-corrected chi connectivity index (χ3v) is 2.19. The smallest absolute Gasteiger partial charge is 0.303 e. The quantitative estimate of drug-likeness (QED) is 0.504. The topological polar surface area (TPSA) is 101 Å². The van der Waals surface area contributed by atoms with Gasteiger partial charge in [0, 0.05) is 18.9 Å². The molecule has 0 saturated carbocycles. The molecule has 0 heterocycles. The fraction of sp³-hybridized carbons (Fsp3) is 0.800. The average Bonchev–Trinajstić information content (AvgIpc) is 2.13. The number of carbonyl (C=O) groups is 2. The molecule has 0 amide bonds. The maximum Gasteiger partial charge on any atom is 0.303 e. The van der Waals surface area contributed by atoms with Crippen molar-refractivity contribution in [1.82, 2.24) is 0 Å². The van der Waals surface area contributed by atoms with Gasteiger partial charge < -0.3 is 15.9 Å². The summed E-state index contributed by atoms with van der Waals surface area (Å²) in [5.74, 6) is -1.60. The van der Waals surface area contributed by atoms with Gasteiger partial charge in [0.2, 0.25) is 0 Å². The maximum absolute atomic E-state index is 10.2. The molecule has 88 valence electrons. The van der Waals surface area contributed by atoms with E-state index < -0.39 is 11.9 Å². The fourth-order valence-corrected chi connectivity index (χ4v) is 1.31. The van der Waals surface area contributed by atoms with Gasteiger partial charge in [-0.25, -0.2) is 0 Å². The minimum atomic E-state index is -0.823. The zero-order valence-electron chi connectivity index (χ0n) is 8.82. The van der Waals surface area contributed by atoms with Crippen molar-refractivity contribution in [3.63, 3.8) is 0 Å². The van der Waals surface area contributed by atoms with Crippen molar-refractivity contribution in [2.24, 2.45) is 5.73 Å². The van der Waals surface area contributed by atoms with Crippen molar-refractivity contribution in [1.29, 1.82) is 0 Å². The van der Waals surface area contributed by atoms with E-state index in [2.05, 4.69) is 0 Å². The van der Waals surface area contributed by atoms with Gasteiger partial charge in [-0.15, -0.1) is 0 Å². The Bertz CT molecular complexity index is 206. The Morgan fingerprint density at radius 1 is 0.933 bits per heavy atom. The first-order valence-corrected chi connectivity index (χ1v) is 5.21. The van der Waals surface area contributed by atoms with Gasteiger partial charge >= 0.3 is 11.9 Å². The van der Waals surface area contributed by atoms with E-state index in [9.17, 15) is 9.59 Å². The van der Waals surface area contributed by atoms with Gasteiger partial charge in [-0.05, 0) is 19.3 Å². The van der Waals surface area contributed by atoms with Crippen LogP contribution in [0.25, 0.3) is 0 Å². The SMILES string of the molecule is NC(CCCCCC(=O)O)CCC(=O)O. The monoisotopic (exact) mass is 217 g/mol. The van der Waals surface area contributed by atoms with Crippen LogP contribution in [0, 0.1) is 0 Å². The number of hydrogen-bond acceptors (Lipinski definition) is 3. The lowest BCUT2D eigenvalue weighted by atomic mass is 10.0. The van der Waals surface area contributed by atoms with Gasteiger partial charge in [-0.1, -0.05) is 12.8 Å². The van der Waals surface area contributed by atoms with E-state index in [-0.39, 0.29) is 18.9 Å². The van der Waals surface area contributed by atoms with Crippen molar-refractivity contribution in [2.75, 3.05) is 0 Å². The lowest BCUT2D eigenvalue weighted by Crippen LogP contribution is -2.20. The van der Waals surface area contributed by atoms with E-state index in [0.29, 0.717) is 12.8 Å². The number of rotatable bonds is 9. The van der Waals surface area contributed by atoms with E-state index >= 15 is 0 Å². The Kier molecular flexibility index (Phi) is 7.62. The lowest BCUT2D eigenvalue weighted by Gasteiger charge is -2.09. The van der Waals surface area contributed by atoms with E-state index in [1.54, 1.807) is 0 Å². The molecule has 0 aromatic heterocycles. The summed E-state index contributed by atoms with van der Waals surface area (Å²) in [5, 5.41) is 16.8. The van der Waals surface area contributed by atoms with Gasteiger partial charge in [0.25, 0.3) is 0 Å². The Morgan fingerprint density at radius 3 is 2.07 bits per heavy atom. The second-order valence-corrected chi connectivity index (χ2v) is 3.69. The molecule has 0 aromatic rings. The number of aliphatic carboxylic acids is 2. The Hall–Kier alpha value is -1.10. The molecule has 0 aliphatic rings. The molecule has 0 bridgehead atoms. The van der Waals surface area contributed by atoms with Crippen LogP contribution in [-0.2, 0) is 9.59 Å².